The summed E-state index contributed by atoms with van der Waals surface area (Å²) in [6, 6.07) is 7.92. The van der Waals surface area contributed by atoms with E-state index < -0.39 is 11.4 Å². The number of ether oxygens (including phenoxy) is 3. The molecule has 1 heterocycles. The molecule has 5 heteroatoms. The molecule has 0 amide bonds. The van der Waals surface area contributed by atoms with Crippen LogP contribution in [-0.4, -0.2) is 25.6 Å². The van der Waals surface area contributed by atoms with Crippen LogP contribution in [0.4, 0.5) is 4.39 Å². The van der Waals surface area contributed by atoms with E-state index in [4.69, 9.17) is 14.2 Å². The molecule has 2 aromatic carbocycles. The molecule has 0 aromatic heterocycles. The van der Waals surface area contributed by atoms with Gasteiger partial charge in [0.2, 0.25) is 0 Å². The molecule has 1 aliphatic heterocycles. The van der Waals surface area contributed by atoms with Gasteiger partial charge in [-0.2, -0.15) is 0 Å². The molecule has 0 spiro atoms. The fourth-order valence-electron chi connectivity index (χ4n) is 2.85. The minimum Gasteiger partial charge on any atom is -0.496 e. The number of hydrogen-bond acceptors (Lipinski definition) is 4. The van der Waals surface area contributed by atoms with Crippen molar-refractivity contribution < 1.29 is 23.4 Å². The van der Waals surface area contributed by atoms with Crippen molar-refractivity contribution in [3.05, 3.63) is 65.0 Å². The third-order valence-electron chi connectivity index (χ3n) is 4.26. The topological polar surface area (TPSA) is 44.8 Å². The number of carbonyl (C=O) groups is 1. The Bertz CT molecular complexity index is 942. The first-order valence-corrected chi connectivity index (χ1v) is 8.50. The second-order valence-electron chi connectivity index (χ2n) is 6.69. The van der Waals surface area contributed by atoms with E-state index in [1.165, 1.54) is 25.3 Å². The summed E-state index contributed by atoms with van der Waals surface area (Å²) in [5, 5.41) is 0. The van der Waals surface area contributed by atoms with Crippen molar-refractivity contribution in [1.82, 2.24) is 0 Å². The van der Waals surface area contributed by atoms with Crippen LogP contribution in [-0.2, 0) is 0 Å². The number of ketones is 1. The zero-order valence-corrected chi connectivity index (χ0v) is 15.7. The average Bonchev–Trinajstić information content (AvgIpc) is 2.64. The van der Waals surface area contributed by atoms with Crippen LogP contribution in [0.1, 0.15) is 35.3 Å². The lowest BCUT2D eigenvalue weighted by molar-refractivity contribution is 0.103. The van der Waals surface area contributed by atoms with E-state index in [9.17, 15) is 9.18 Å². The normalized spacial score (nSPS) is 14.6. The van der Waals surface area contributed by atoms with Crippen LogP contribution in [0.2, 0.25) is 0 Å². The van der Waals surface area contributed by atoms with Gasteiger partial charge in [-0.1, -0.05) is 12.1 Å². The zero-order valence-electron chi connectivity index (χ0n) is 15.7. The van der Waals surface area contributed by atoms with Crippen LogP contribution < -0.4 is 14.2 Å². The highest BCUT2D eigenvalue weighted by atomic mass is 19.1. The Balaban J connectivity index is 1.94. The molecule has 1 aliphatic rings. The minimum atomic E-state index is -0.531. The number of carbonyl (C=O) groups excluding carboxylic acids is 1. The molecule has 0 saturated heterocycles. The van der Waals surface area contributed by atoms with E-state index in [1.54, 1.807) is 31.4 Å². The predicted octanol–water partition coefficient (Wildman–Crippen LogP) is 4.92. The maximum Gasteiger partial charge on any atom is 0.189 e. The average molecular weight is 368 g/mol. The Morgan fingerprint density at radius 2 is 1.81 bits per heavy atom. The summed E-state index contributed by atoms with van der Waals surface area (Å²) in [6.45, 7) is 3.83. The fraction of sp³-hybridized carbons (Fsp3) is 0.227. The van der Waals surface area contributed by atoms with Crippen molar-refractivity contribution in [1.29, 1.82) is 0 Å². The molecule has 140 valence electrons. The monoisotopic (exact) mass is 368 g/mol. The smallest absolute Gasteiger partial charge is 0.189 e. The molecule has 0 unspecified atom stereocenters. The summed E-state index contributed by atoms with van der Waals surface area (Å²) in [6.07, 6.45) is 6.78. The second kappa shape index (κ2) is 7.27. The first-order chi connectivity index (χ1) is 12.8. The van der Waals surface area contributed by atoms with Crippen LogP contribution in [0, 0.1) is 5.82 Å². The number of fused-ring (bicyclic) bond motifs is 1. The van der Waals surface area contributed by atoms with Crippen LogP contribution in [0.5, 0.6) is 17.2 Å². The van der Waals surface area contributed by atoms with Gasteiger partial charge in [-0.3, -0.25) is 4.79 Å². The Morgan fingerprint density at radius 1 is 1.11 bits per heavy atom. The third kappa shape index (κ3) is 3.87. The van der Waals surface area contributed by atoms with Gasteiger partial charge in [0, 0.05) is 0 Å². The van der Waals surface area contributed by atoms with Gasteiger partial charge in [-0.05, 0) is 61.9 Å². The summed E-state index contributed by atoms with van der Waals surface area (Å²) in [4.78, 5) is 12.8. The lowest BCUT2D eigenvalue weighted by Crippen LogP contribution is -2.28. The van der Waals surface area contributed by atoms with Crippen molar-refractivity contribution in [2.45, 2.75) is 19.4 Å². The third-order valence-corrected chi connectivity index (χ3v) is 4.26. The van der Waals surface area contributed by atoms with Crippen LogP contribution in [0.3, 0.4) is 0 Å². The molecule has 0 saturated carbocycles. The largest absolute Gasteiger partial charge is 0.496 e. The molecule has 0 aliphatic carbocycles. The lowest BCUT2D eigenvalue weighted by atomic mass is 9.97. The Morgan fingerprint density at radius 3 is 2.48 bits per heavy atom. The molecule has 3 rings (SSSR count). The summed E-state index contributed by atoms with van der Waals surface area (Å²) in [5.41, 5.74) is 1.18. The SMILES string of the molecule is COc1ccc(C=CC(=O)c2ccc(OC)c3c2OC(C)(C)C=C3)cc1F. The molecule has 0 bridgehead atoms. The number of rotatable bonds is 5. The Kier molecular flexibility index (Phi) is 5.04. The number of benzene rings is 2. The van der Waals surface area contributed by atoms with Crippen LogP contribution in [0.25, 0.3) is 12.2 Å². The summed E-state index contributed by atoms with van der Waals surface area (Å²) >= 11 is 0. The lowest BCUT2D eigenvalue weighted by Gasteiger charge is -2.29. The molecular formula is C22H21FO4. The number of halogens is 1. The molecule has 0 fully saturated rings. The van der Waals surface area contributed by atoms with Crippen molar-refractivity contribution >= 4 is 17.9 Å². The van der Waals surface area contributed by atoms with Gasteiger partial charge in [0.1, 0.15) is 17.1 Å². The summed E-state index contributed by atoms with van der Waals surface area (Å²) in [5.74, 6) is 0.553. The Labute approximate surface area is 157 Å². The van der Waals surface area contributed by atoms with E-state index in [1.807, 2.05) is 26.0 Å². The second-order valence-corrected chi connectivity index (χ2v) is 6.69. The highest BCUT2D eigenvalue weighted by Gasteiger charge is 2.27. The van der Waals surface area contributed by atoms with Gasteiger partial charge in [0.25, 0.3) is 0 Å². The van der Waals surface area contributed by atoms with Gasteiger partial charge >= 0.3 is 0 Å². The van der Waals surface area contributed by atoms with E-state index in [-0.39, 0.29) is 11.5 Å². The first kappa shape index (κ1) is 18.7. The van der Waals surface area contributed by atoms with Crippen molar-refractivity contribution in [2.75, 3.05) is 14.2 Å². The molecule has 0 atom stereocenters. The number of methoxy groups -OCH3 is 2. The van der Waals surface area contributed by atoms with Crippen molar-refractivity contribution in [3.8, 4) is 17.2 Å². The molecule has 2 aromatic rings. The maximum atomic E-state index is 13.8. The van der Waals surface area contributed by atoms with E-state index in [2.05, 4.69) is 0 Å². The van der Waals surface area contributed by atoms with Gasteiger partial charge in [-0.25, -0.2) is 4.39 Å². The highest BCUT2D eigenvalue weighted by Crippen LogP contribution is 2.39. The van der Waals surface area contributed by atoms with Gasteiger partial charge < -0.3 is 14.2 Å². The molecule has 0 N–H and O–H groups in total. The van der Waals surface area contributed by atoms with Crippen molar-refractivity contribution in [2.24, 2.45) is 0 Å². The van der Waals surface area contributed by atoms with Crippen LogP contribution in [0.15, 0.2) is 42.5 Å². The summed E-state index contributed by atoms with van der Waals surface area (Å²) < 4.78 is 30.1. The quantitative estimate of drug-likeness (QED) is 0.555. The van der Waals surface area contributed by atoms with Gasteiger partial charge in [0.05, 0.1) is 25.3 Å². The molecule has 4 nitrogen and oxygen atoms in total. The minimum absolute atomic E-state index is 0.158. The van der Waals surface area contributed by atoms with E-state index in [0.717, 1.165) is 5.56 Å². The fourth-order valence-corrected chi connectivity index (χ4v) is 2.85. The summed E-state index contributed by atoms with van der Waals surface area (Å²) in [7, 11) is 2.98. The molecule has 0 radical (unpaired) electrons. The zero-order chi connectivity index (χ0) is 19.6. The van der Waals surface area contributed by atoms with Crippen molar-refractivity contribution in [3.63, 3.8) is 0 Å². The standard InChI is InChI=1S/C22H21FO4/c1-22(2)12-11-16-19(25-3)10-7-15(21(16)27-22)18(24)8-5-14-6-9-20(26-4)17(23)13-14/h5-13H,1-4H3. The predicted molar refractivity (Wildman–Crippen MR) is 103 cm³/mol. The maximum absolute atomic E-state index is 13.8. The number of allylic oxidation sites excluding steroid dienone is 1. The van der Waals surface area contributed by atoms with Gasteiger partial charge in [-0.15, -0.1) is 0 Å². The van der Waals surface area contributed by atoms with E-state index >= 15 is 0 Å². The van der Waals surface area contributed by atoms with Crippen LogP contribution >= 0.6 is 0 Å². The number of hydrogen-bond donors (Lipinski definition) is 0. The van der Waals surface area contributed by atoms with E-state index in [0.29, 0.717) is 22.6 Å². The molecule has 27 heavy (non-hydrogen) atoms. The Hall–Kier alpha value is -3.08. The van der Waals surface area contributed by atoms with Gasteiger partial charge in [0.15, 0.2) is 17.3 Å². The molecular weight excluding hydrogens is 347 g/mol. The first-order valence-electron chi connectivity index (χ1n) is 8.50. The highest BCUT2D eigenvalue weighted by molar-refractivity contribution is 6.09.